The molecule has 2 aromatic rings. The molecule has 0 saturated heterocycles. The Labute approximate surface area is 127 Å². The van der Waals surface area contributed by atoms with Gasteiger partial charge >= 0.3 is 0 Å². The normalized spacial score (nSPS) is 13.5. The van der Waals surface area contributed by atoms with Gasteiger partial charge in [0, 0.05) is 17.1 Å². The number of thiazole rings is 1. The highest BCUT2D eigenvalue weighted by Gasteiger charge is 2.25. The van der Waals surface area contributed by atoms with Crippen LogP contribution in [0.1, 0.15) is 9.88 Å². The van der Waals surface area contributed by atoms with Crippen molar-refractivity contribution in [3.05, 3.63) is 34.3 Å². The number of hydrogen-bond donors (Lipinski definition) is 0. The van der Waals surface area contributed by atoms with E-state index >= 15 is 0 Å². The maximum atomic E-state index is 12.5. The Morgan fingerprint density at radius 2 is 2.38 bits per heavy atom. The molecule has 0 aliphatic carbocycles. The van der Waals surface area contributed by atoms with Crippen molar-refractivity contribution >= 4 is 22.9 Å². The fraction of sp³-hybridized carbons (Fsp3) is 0.333. The summed E-state index contributed by atoms with van der Waals surface area (Å²) in [5, 5.41) is 0.841. The highest BCUT2D eigenvalue weighted by molar-refractivity contribution is 7.11. The van der Waals surface area contributed by atoms with Crippen molar-refractivity contribution in [1.29, 1.82) is 0 Å². The standard InChI is InChI=1S/C15H16N2O3S/c1-10-9-16-14(21-10)8-15(18)17-5-6-20-13-4-3-11(19-2)7-12(13)17/h3-4,7,9H,5-6,8H2,1-2H3. The van der Waals surface area contributed by atoms with Crippen molar-refractivity contribution in [3.8, 4) is 11.5 Å². The fourth-order valence-corrected chi connectivity index (χ4v) is 3.07. The summed E-state index contributed by atoms with van der Waals surface area (Å²) in [6, 6.07) is 5.50. The van der Waals surface area contributed by atoms with Gasteiger partial charge in [0.1, 0.15) is 23.1 Å². The van der Waals surface area contributed by atoms with Crippen LogP contribution < -0.4 is 14.4 Å². The van der Waals surface area contributed by atoms with Crippen LogP contribution in [0.3, 0.4) is 0 Å². The fourth-order valence-electron chi connectivity index (χ4n) is 2.29. The van der Waals surface area contributed by atoms with Crippen LogP contribution in [-0.2, 0) is 11.2 Å². The van der Waals surface area contributed by atoms with Gasteiger partial charge in [0.2, 0.25) is 5.91 Å². The molecular weight excluding hydrogens is 288 g/mol. The Bertz CT molecular complexity index is 669. The lowest BCUT2D eigenvalue weighted by atomic mass is 10.2. The Morgan fingerprint density at radius 1 is 1.52 bits per heavy atom. The molecule has 0 N–H and O–H groups in total. The molecule has 21 heavy (non-hydrogen) atoms. The van der Waals surface area contributed by atoms with Gasteiger partial charge in [0.25, 0.3) is 0 Å². The van der Waals surface area contributed by atoms with Gasteiger partial charge in [-0.25, -0.2) is 4.98 Å². The number of carbonyl (C=O) groups is 1. The predicted octanol–water partition coefficient (Wildman–Crippen LogP) is 2.43. The van der Waals surface area contributed by atoms with E-state index in [-0.39, 0.29) is 5.91 Å². The Balaban J connectivity index is 1.85. The van der Waals surface area contributed by atoms with E-state index in [0.29, 0.717) is 31.1 Å². The minimum Gasteiger partial charge on any atom is -0.497 e. The first kappa shape index (κ1) is 13.9. The summed E-state index contributed by atoms with van der Waals surface area (Å²) in [5.41, 5.74) is 0.763. The van der Waals surface area contributed by atoms with Crippen LogP contribution >= 0.6 is 11.3 Å². The average Bonchev–Trinajstić information content (AvgIpc) is 2.91. The molecule has 2 heterocycles. The molecule has 0 bridgehead atoms. The molecule has 5 nitrogen and oxygen atoms in total. The number of nitrogens with zero attached hydrogens (tertiary/aromatic N) is 2. The van der Waals surface area contributed by atoms with Crippen LogP contribution in [0.25, 0.3) is 0 Å². The molecule has 3 rings (SSSR count). The molecule has 1 aliphatic heterocycles. The topological polar surface area (TPSA) is 51.7 Å². The Kier molecular flexibility index (Phi) is 3.79. The summed E-state index contributed by atoms with van der Waals surface area (Å²) >= 11 is 1.55. The summed E-state index contributed by atoms with van der Waals surface area (Å²) in [5.74, 6) is 1.45. The number of aromatic nitrogens is 1. The van der Waals surface area contributed by atoms with Crippen LogP contribution in [0.15, 0.2) is 24.4 Å². The monoisotopic (exact) mass is 304 g/mol. The van der Waals surface area contributed by atoms with Crippen molar-refractivity contribution in [2.75, 3.05) is 25.2 Å². The largest absolute Gasteiger partial charge is 0.497 e. The molecule has 110 valence electrons. The van der Waals surface area contributed by atoms with Crippen LogP contribution in [-0.4, -0.2) is 31.2 Å². The number of ether oxygens (including phenoxy) is 2. The van der Waals surface area contributed by atoms with Gasteiger partial charge in [-0.1, -0.05) is 0 Å². The first-order valence-corrected chi connectivity index (χ1v) is 7.51. The van der Waals surface area contributed by atoms with Crippen molar-refractivity contribution in [3.63, 3.8) is 0 Å². The summed E-state index contributed by atoms with van der Waals surface area (Å²) in [7, 11) is 1.61. The van der Waals surface area contributed by atoms with Gasteiger partial charge in [-0.2, -0.15) is 0 Å². The second kappa shape index (κ2) is 5.73. The zero-order valence-electron chi connectivity index (χ0n) is 12.0. The van der Waals surface area contributed by atoms with Gasteiger partial charge in [-0.05, 0) is 19.1 Å². The smallest absolute Gasteiger partial charge is 0.234 e. The predicted molar refractivity (Wildman–Crippen MR) is 81.4 cm³/mol. The molecule has 0 spiro atoms. The van der Waals surface area contributed by atoms with Gasteiger partial charge in [-0.15, -0.1) is 11.3 Å². The third-order valence-electron chi connectivity index (χ3n) is 3.30. The first-order chi connectivity index (χ1) is 10.2. The Hall–Kier alpha value is -2.08. The molecule has 1 aromatic heterocycles. The van der Waals surface area contributed by atoms with Crippen LogP contribution in [0.4, 0.5) is 5.69 Å². The Morgan fingerprint density at radius 3 is 3.10 bits per heavy atom. The second-order valence-electron chi connectivity index (χ2n) is 4.77. The summed E-state index contributed by atoms with van der Waals surface area (Å²) in [6.07, 6.45) is 2.11. The van der Waals surface area contributed by atoms with E-state index in [1.807, 2.05) is 25.1 Å². The summed E-state index contributed by atoms with van der Waals surface area (Å²) < 4.78 is 10.8. The molecule has 0 saturated carbocycles. The lowest BCUT2D eigenvalue weighted by Crippen LogP contribution is -2.38. The summed E-state index contributed by atoms with van der Waals surface area (Å²) in [4.78, 5) is 19.7. The van der Waals surface area contributed by atoms with E-state index in [2.05, 4.69) is 4.98 Å². The zero-order valence-corrected chi connectivity index (χ0v) is 12.8. The number of amides is 1. The van der Waals surface area contributed by atoms with Gasteiger partial charge in [0.15, 0.2) is 0 Å². The quantitative estimate of drug-likeness (QED) is 0.874. The average molecular weight is 304 g/mol. The van der Waals surface area contributed by atoms with Gasteiger partial charge < -0.3 is 14.4 Å². The minimum atomic E-state index is 0.0298. The number of hydrogen-bond acceptors (Lipinski definition) is 5. The number of methoxy groups -OCH3 is 1. The number of aryl methyl sites for hydroxylation is 1. The third kappa shape index (κ3) is 2.85. The molecule has 6 heteroatoms. The van der Waals surface area contributed by atoms with Crippen molar-refractivity contribution < 1.29 is 14.3 Å². The number of rotatable bonds is 3. The van der Waals surface area contributed by atoms with Crippen molar-refractivity contribution in [1.82, 2.24) is 4.98 Å². The highest BCUT2D eigenvalue weighted by Crippen LogP contribution is 2.35. The van der Waals surface area contributed by atoms with E-state index in [1.54, 1.807) is 29.5 Å². The van der Waals surface area contributed by atoms with Crippen LogP contribution in [0, 0.1) is 6.92 Å². The molecule has 1 aromatic carbocycles. The van der Waals surface area contributed by atoms with E-state index in [1.165, 1.54) is 0 Å². The molecule has 1 aliphatic rings. The lowest BCUT2D eigenvalue weighted by Gasteiger charge is -2.29. The van der Waals surface area contributed by atoms with Crippen molar-refractivity contribution in [2.45, 2.75) is 13.3 Å². The summed E-state index contributed by atoms with van der Waals surface area (Å²) in [6.45, 7) is 3.03. The van der Waals surface area contributed by atoms with E-state index in [9.17, 15) is 4.79 Å². The lowest BCUT2D eigenvalue weighted by molar-refractivity contribution is -0.118. The SMILES string of the molecule is COc1ccc2c(c1)N(C(=O)Cc1ncc(C)s1)CCO2. The maximum absolute atomic E-state index is 12.5. The van der Waals surface area contributed by atoms with Gasteiger partial charge in [0.05, 0.1) is 25.8 Å². The minimum absolute atomic E-state index is 0.0298. The third-order valence-corrected chi connectivity index (χ3v) is 4.21. The number of anilines is 1. The zero-order chi connectivity index (χ0) is 14.8. The number of carbonyl (C=O) groups excluding carboxylic acids is 1. The molecule has 0 unspecified atom stereocenters. The van der Waals surface area contributed by atoms with Gasteiger partial charge in [-0.3, -0.25) is 4.79 Å². The molecule has 0 atom stereocenters. The molecule has 0 radical (unpaired) electrons. The molecule has 1 amide bonds. The van der Waals surface area contributed by atoms with Crippen LogP contribution in [0.5, 0.6) is 11.5 Å². The van der Waals surface area contributed by atoms with E-state index in [0.717, 1.165) is 15.6 Å². The highest BCUT2D eigenvalue weighted by atomic mass is 32.1. The van der Waals surface area contributed by atoms with Crippen LogP contribution in [0.2, 0.25) is 0 Å². The first-order valence-electron chi connectivity index (χ1n) is 6.70. The second-order valence-corrected chi connectivity index (χ2v) is 6.09. The molecular formula is C15H16N2O3S. The van der Waals surface area contributed by atoms with E-state index in [4.69, 9.17) is 9.47 Å². The number of benzene rings is 1. The van der Waals surface area contributed by atoms with E-state index < -0.39 is 0 Å². The van der Waals surface area contributed by atoms with Crippen molar-refractivity contribution in [2.24, 2.45) is 0 Å². The molecule has 0 fully saturated rings. The maximum Gasteiger partial charge on any atom is 0.234 e. The number of fused-ring (bicyclic) bond motifs is 1.